The van der Waals surface area contributed by atoms with Crippen molar-refractivity contribution in [3.63, 3.8) is 0 Å². The second kappa shape index (κ2) is 14.6. The lowest BCUT2D eigenvalue weighted by Gasteiger charge is -2.34. The predicted molar refractivity (Wildman–Crippen MR) is 172 cm³/mol. The first-order valence-electron chi connectivity index (χ1n) is 13.4. The van der Waals surface area contributed by atoms with Gasteiger partial charge in [0.05, 0.1) is 10.6 Å². The number of carbonyl (C=O) groups is 2. The highest BCUT2D eigenvalue weighted by Crippen LogP contribution is 2.27. The van der Waals surface area contributed by atoms with E-state index in [0.717, 1.165) is 19.9 Å². The van der Waals surface area contributed by atoms with Crippen molar-refractivity contribution in [2.24, 2.45) is 0 Å². The Kier molecular flexibility index (Phi) is 11.0. The minimum absolute atomic E-state index is 0.0564. The number of nitrogens with zero attached hydrogens (tertiary/aromatic N) is 2. The van der Waals surface area contributed by atoms with Gasteiger partial charge in [0.15, 0.2) is 0 Å². The molecule has 0 bridgehead atoms. The van der Waals surface area contributed by atoms with Crippen LogP contribution in [0.3, 0.4) is 0 Å². The molecule has 0 aromatic heterocycles. The Morgan fingerprint density at radius 3 is 2.00 bits per heavy atom. The lowest BCUT2D eigenvalue weighted by molar-refractivity contribution is -0.140. The maximum absolute atomic E-state index is 14.3. The van der Waals surface area contributed by atoms with Crippen molar-refractivity contribution < 1.29 is 18.0 Å². The fourth-order valence-electron chi connectivity index (χ4n) is 4.56. The summed E-state index contributed by atoms with van der Waals surface area (Å²) in [5, 5.41) is 2.87. The number of sulfonamides is 1. The van der Waals surface area contributed by atoms with E-state index in [1.54, 1.807) is 42.5 Å². The van der Waals surface area contributed by atoms with Crippen molar-refractivity contribution in [2.45, 2.75) is 30.8 Å². The van der Waals surface area contributed by atoms with Gasteiger partial charge >= 0.3 is 0 Å². The highest BCUT2D eigenvalue weighted by atomic mass is 79.9. The number of amides is 2. The van der Waals surface area contributed by atoms with E-state index in [0.29, 0.717) is 16.7 Å². The molecule has 0 spiro atoms. The van der Waals surface area contributed by atoms with Gasteiger partial charge in [-0.3, -0.25) is 13.9 Å². The minimum atomic E-state index is -4.14. The Morgan fingerprint density at radius 1 is 0.786 bits per heavy atom. The first-order chi connectivity index (χ1) is 20.2. The molecule has 2 amide bonds. The minimum Gasteiger partial charge on any atom is -0.355 e. The summed E-state index contributed by atoms with van der Waals surface area (Å²) < 4.78 is 30.5. The molecule has 0 aliphatic rings. The molecule has 0 heterocycles. The lowest BCUT2D eigenvalue weighted by Crippen LogP contribution is -2.53. The molecule has 7 nitrogen and oxygen atoms in total. The maximum atomic E-state index is 14.3. The van der Waals surface area contributed by atoms with E-state index in [4.69, 9.17) is 0 Å². The van der Waals surface area contributed by atoms with Crippen molar-refractivity contribution in [3.05, 3.63) is 129 Å². The Bertz CT molecular complexity index is 1620. The molecular formula is C32H31Br2N3O4S. The number of rotatable bonds is 12. The van der Waals surface area contributed by atoms with Gasteiger partial charge in [-0.15, -0.1) is 0 Å². The molecule has 0 aliphatic carbocycles. The molecule has 1 N–H and O–H groups in total. The number of nitrogens with one attached hydrogen (secondary N) is 1. The van der Waals surface area contributed by atoms with E-state index in [1.807, 2.05) is 61.5 Å². The quantitative estimate of drug-likeness (QED) is 0.190. The Labute approximate surface area is 263 Å². The molecule has 0 aliphatic heterocycles. The van der Waals surface area contributed by atoms with E-state index < -0.39 is 28.5 Å². The highest BCUT2D eigenvalue weighted by molar-refractivity contribution is 9.10. The van der Waals surface area contributed by atoms with Gasteiger partial charge in [-0.2, -0.15) is 0 Å². The molecule has 0 saturated heterocycles. The van der Waals surface area contributed by atoms with Gasteiger partial charge in [0.1, 0.15) is 12.6 Å². The fraction of sp³-hybridized carbons (Fsp3) is 0.188. The maximum Gasteiger partial charge on any atom is 0.264 e. The summed E-state index contributed by atoms with van der Waals surface area (Å²) >= 11 is 6.91. The third-order valence-corrected chi connectivity index (χ3v) is 9.34. The summed E-state index contributed by atoms with van der Waals surface area (Å²) in [5.74, 6) is -0.828. The normalized spacial score (nSPS) is 11.9. The van der Waals surface area contributed by atoms with Crippen LogP contribution >= 0.6 is 31.9 Å². The van der Waals surface area contributed by atoms with E-state index in [-0.39, 0.29) is 23.8 Å². The van der Waals surface area contributed by atoms with Crippen molar-refractivity contribution >= 4 is 59.4 Å². The van der Waals surface area contributed by atoms with E-state index in [9.17, 15) is 18.0 Å². The van der Waals surface area contributed by atoms with Crippen molar-refractivity contribution in [1.29, 1.82) is 0 Å². The van der Waals surface area contributed by atoms with Gasteiger partial charge in [-0.25, -0.2) is 8.42 Å². The summed E-state index contributed by atoms with van der Waals surface area (Å²) in [6, 6.07) is 30.8. The highest BCUT2D eigenvalue weighted by Gasteiger charge is 2.34. The van der Waals surface area contributed by atoms with Gasteiger partial charge in [-0.1, -0.05) is 98.6 Å². The molecular weight excluding hydrogens is 682 g/mol. The molecule has 0 radical (unpaired) electrons. The van der Waals surface area contributed by atoms with Crippen LogP contribution in [0.2, 0.25) is 0 Å². The van der Waals surface area contributed by atoms with Gasteiger partial charge in [-0.05, 0) is 60.5 Å². The first-order valence-corrected chi connectivity index (χ1v) is 16.4. The molecule has 42 heavy (non-hydrogen) atoms. The largest absolute Gasteiger partial charge is 0.355 e. The summed E-state index contributed by atoms with van der Waals surface area (Å²) in [7, 11) is -4.14. The second-order valence-electron chi connectivity index (χ2n) is 9.56. The Hall–Kier alpha value is -3.47. The number of hydrogen-bond donors (Lipinski definition) is 1. The summed E-state index contributed by atoms with van der Waals surface area (Å²) in [4.78, 5) is 29.4. The summed E-state index contributed by atoms with van der Waals surface area (Å²) in [5.41, 5.74) is 1.99. The SMILES string of the molecule is CCNC(=O)[C@@H](Cc1ccccc1)N(Cc1cccc(Br)c1)C(=O)CN(c1cccc(Br)c1)S(=O)(=O)c1ccccc1. The molecule has 218 valence electrons. The van der Waals surface area contributed by atoms with Gasteiger partial charge < -0.3 is 10.2 Å². The zero-order valence-electron chi connectivity index (χ0n) is 23.0. The first kappa shape index (κ1) is 31.5. The topological polar surface area (TPSA) is 86.8 Å². The van der Waals surface area contributed by atoms with Crippen LogP contribution in [-0.4, -0.2) is 44.3 Å². The van der Waals surface area contributed by atoms with Crippen LogP contribution in [0.1, 0.15) is 18.1 Å². The standard InChI is InChI=1S/C32H31Br2N3O4S/c1-2-35-32(39)30(20-24-11-5-3-6-12-24)36(22-25-13-9-14-26(33)19-25)31(38)23-37(28-16-10-15-27(34)21-28)42(40,41)29-17-7-4-8-18-29/h3-19,21,30H,2,20,22-23H2,1H3,(H,35,39)/t30-/m1/s1. The van der Waals surface area contributed by atoms with Crippen LogP contribution in [0.15, 0.2) is 123 Å². The third-order valence-electron chi connectivity index (χ3n) is 6.57. The molecule has 1 atom stereocenters. The summed E-state index contributed by atoms with van der Waals surface area (Å²) in [6.45, 7) is 1.80. The van der Waals surface area contributed by atoms with Crippen LogP contribution in [-0.2, 0) is 32.6 Å². The van der Waals surface area contributed by atoms with Crippen LogP contribution in [0.4, 0.5) is 5.69 Å². The monoisotopic (exact) mass is 711 g/mol. The average molecular weight is 713 g/mol. The van der Waals surface area contributed by atoms with Crippen LogP contribution < -0.4 is 9.62 Å². The lowest BCUT2D eigenvalue weighted by atomic mass is 10.0. The smallest absolute Gasteiger partial charge is 0.264 e. The molecule has 10 heteroatoms. The van der Waals surface area contributed by atoms with Crippen molar-refractivity contribution in [3.8, 4) is 0 Å². The van der Waals surface area contributed by atoms with Crippen molar-refractivity contribution in [2.75, 3.05) is 17.4 Å². The number of anilines is 1. The summed E-state index contributed by atoms with van der Waals surface area (Å²) in [6.07, 6.45) is 0.259. The Balaban J connectivity index is 1.79. The van der Waals surface area contributed by atoms with E-state index >= 15 is 0 Å². The number of hydrogen-bond acceptors (Lipinski definition) is 4. The zero-order valence-corrected chi connectivity index (χ0v) is 27.0. The number of benzene rings is 4. The molecule has 0 unspecified atom stereocenters. The van der Waals surface area contributed by atoms with Crippen LogP contribution in [0, 0.1) is 0 Å². The fourth-order valence-corrected chi connectivity index (χ4v) is 6.82. The number of likely N-dealkylation sites (N-methyl/N-ethyl adjacent to an activating group) is 1. The predicted octanol–water partition coefficient (Wildman–Crippen LogP) is 6.18. The number of carbonyl (C=O) groups excluding carboxylic acids is 2. The second-order valence-corrected chi connectivity index (χ2v) is 13.2. The molecule has 0 saturated carbocycles. The van der Waals surface area contributed by atoms with E-state index in [1.165, 1.54) is 17.0 Å². The van der Waals surface area contributed by atoms with Gasteiger partial charge in [0, 0.05) is 28.5 Å². The zero-order chi connectivity index (χ0) is 30.1. The average Bonchev–Trinajstić information content (AvgIpc) is 2.98. The van der Waals surface area contributed by atoms with Crippen LogP contribution in [0.5, 0.6) is 0 Å². The van der Waals surface area contributed by atoms with Crippen LogP contribution in [0.25, 0.3) is 0 Å². The van der Waals surface area contributed by atoms with Gasteiger partial charge in [0.2, 0.25) is 11.8 Å². The third kappa shape index (κ3) is 8.08. The molecule has 4 aromatic carbocycles. The number of halogens is 2. The Morgan fingerprint density at radius 2 is 1.38 bits per heavy atom. The molecule has 4 aromatic rings. The van der Waals surface area contributed by atoms with E-state index in [2.05, 4.69) is 37.2 Å². The van der Waals surface area contributed by atoms with Crippen molar-refractivity contribution in [1.82, 2.24) is 10.2 Å². The molecule has 0 fully saturated rings. The van der Waals surface area contributed by atoms with Gasteiger partial charge in [0.25, 0.3) is 10.0 Å². The molecule has 4 rings (SSSR count).